The smallest absolute Gasteiger partial charge is 0.410 e. The van der Waals surface area contributed by atoms with Crippen LogP contribution in [0.1, 0.15) is 143 Å². The van der Waals surface area contributed by atoms with Crippen molar-refractivity contribution in [3.8, 4) is 0 Å². The highest BCUT2D eigenvalue weighted by Gasteiger charge is 2.55. The third-order valence-corrected chi connectivity index (χ3v) is 12.5. The lowest BCUT2D eigenvalue weighted by Crippen LogP contribution is -2.71. The molecule has 80 heavy (non-hydrogen) atoms. The van der Waals surface area contributed by atoms with Gasteiger partial charge in [0.1, 0.15) is 69.9 Å². The van der Waals surface area contributed by atoms with E-state index in [1.807, 2.05) is 0 Å². The number of likely N-dealkylation sites (N-methyl/N-ethyl adjacent to an activating group) is 1. The summed E-state index contributed by atoms with van der Waals surface area (Å²) in [6.45, 7) is 25.7. The molecule has 460 valence electrons. The van der Waals surface area contributed by atoms with Crippen LogP contribution in [0.3, 0.4) is 0 Å². The average molecular weight is 1150 g/mol. The molecule has 27 nitrogen and oxygen atoms in total. The number of nitrogens with zero attached hydrogens (tertiary/aromatic N) is 1. The third kappa shape index (κ3) is 21.7. The molecule has 4 rings (SSSR count). The van der Waals surface area contributed by atoms with Crippen molar-refractivity contribution < 1.29 is 96.9 Å². The SMILES string of the molecule is CN(C(=O)OC(C)(C)C)[C@@H]1[C@@H](O)[C@@H](O[C@@H]2[C@@H](O)[C@H](O[C@H]3OC(CNCC4(O)CC(NC(=O)OC(C)(C)C)C4)=CC[C@H]3NC(=O)OC(C)(C)C)[C@@H](NC(=O)OC(C)(C)C)C[C@H]2NC(=O)[C@@H](O)CCNC(=O)OC(C)(C)C)OC[C@]1(C)O. The summed E-state index contributed by atoms with van der Waals surface area (Å²) in [6.07, 6.45) is -14.7. The Bertz CT molecular complexity index is 2160. The summed E-state index contributed by atoms with van der Waals surface area (Å²) in [5.74, 6) is -0.724. The van der Waals surface area contributed by atoms with Crippen LogP contribution < -0.4 is 31.9 Å². The lowest BCUT2D eigenvalue weighted by molar-refractivity contribution is -0.311. The van der Waals surface area contributed by atoms with Crippen LogP contribution in [0.25, 0.3) is 0 Å². The van der Waals surface area contributed by atoms with E-state index in [4.69, 9.17) is 42.6 Å². The van der Waals surface area contributed by atoms with Gasteiger partial charge in [0, 0.05) is 26.2 Å². The molecule has 11 N–H and O–H groups in total. The number of nitrogens with one attached hydrogen (secondary N) is 6. The molecule has 4 aliphatic rings. The van der Waals surface area contributed by atoms with Crippen LogP contribution in [-0.4, -0.2) is 213 Å². The molecule has 0 spiro atoms. The molecule has 6 amide bonds. The van der Waals surface area contributed by atoms with Crippen molar-refractivity contribution >= 4 is 36.4 Å². The summed E-state index contributed by atoms with van der Waals surface area (Å²) >= 11 is 0. The second-order valence-electron chi connectivity index (χ2n) is 26.3. The van der Waals surface area contributed by atoms with Crippen molar-refractivity contribution in [1.29, 1.82) is 0 Å². The summed E-state index contributed by atoms with van der Waals surface area (Å²) in [7, 11) is 1.30. The fourth-order valence-corrected chi connectivity index (χ4v) is 9.27. The van der Waals surface area contributed by atoms with Gasteiger partial charge in [-0.1, -0.05) is 0 Å². The molecule has 2 saturated carbocycles. The zero-order valence-corrected chi connectivity index (χ0v) is 49.7. The molecular formula is C53H93N7O20. The van der Waals surface area contributed by atoms with Crippen LogP contribution in [0, 0.1) is 0 Å². The van der Waals surface area contributed by atoms with Crippen LogP contribution in [0.5, 0.6) is 0 Å². The molecule has 0 aromatic heterocycles. The molecular weight excluding hydrogens is 1050 g/mol. The fraction of sp³-hybridized carbons (Fsp3) is 0.849. The second kappa shape index (κ2) is 26.5. The second-order valence-corrected chi connectivity index (χ2v) is 26.3. The van der Waals surface area contributed by atoms with Gasteiger partial charge in [0.25, 0.3) is 0 Å². The minimum atomic E-state index is -1.95. The molecule has 0 unspecified atom stereocenters. The quantitative estimate of drug-likeness (QED) is 0.0932. The summed E-state index contributed by atoms with van der Waals surface area (Å²) in [5.41, 5.74) is -7.57. The molecule has 1 saturated heterocycles. The molecule has 12 atom stereocenters. The number of aliphatic hydroxyl groups is 5. The Morgan fingerprint density at radius 3 is 1.68 bits per heavy atom. The number of rotatable bonds is 17. The summed E-state index contributed by atoms with van der Waals surface area (Å²) in [4.78, 5) is 80.1. The van der Waals surface area contributed by atoms with E-state index in [0.717, 1.165) is 4.90 Å². The van der Waals surface area contributed by atoms with Crippen molar-refractivity contribution in [1.82, 2.24) is 36.8 Å². The van der Waals surface area contributed by atoms with Gasteiger partial charge >= 0.3 is 30.5 Å². The lowest BCUT2D eigenvalue weighted by atomic mass is 9.75. The standard InChI is InChI=1S/C53H93N7O20/c1-47(2,3)76-42(65)55-21-20-33(61)39(64)57-31-22-32(59-45(68)79-50(10,11)12)37(34(62)36(31)75-41-35(63)38(52(16,70)27-72-41)60(17)46(69)80-51(13,14)15)74-40-30(58-44(67)78-49(7,8)9)19-18-29(73-40)25-54-26-53(71)23-28(24-53)56-43(66)77-48(4,5)6/h18,28,30-38,40-41,54,61-63,70-71H,19-27H2,1-17H3,(H,55,65)(H,56,66)(H,57,64)(H,58,67)(H,59,68)/t28?,30-,31-,32+,33+,34-,35-,36+,37-,38-,40-,41-,52+,53?/m1/s1. The number of carbonyl (C=O) groups is 6. The molecule has 0 aromatic carbocycles. The van der Waals surface area contributed by atoms with Crippen LogP contribution in [0.15, 0.2) is 11.8 Å². The Balaban J connectivity index is 1.70. The molecule has 2 aliphatic carbocycles. The number of ether oxygens (including phenoxy) is 9. The van der Waals surface area contributed by atoms with Gasteiger partial charge in [-0.2, -0.15) is 0 Å². The lowest BCUT2D eigenvalue weighted by Gasteiger charge is -2.50. The first-order valence-electron chi connectivity index (χ1n) is 27.1. The summed E-state index contributed by atoms with van der Waals surface area (Å²) < 4.78 is 52.7. The Hall–Kier alpha value is -5.00. The summed E-state index contributed by atoms with van der Waals surface area (Å²) in [5, 5.41) is 75.2. The topological polar surface area (TPSA) is 362 Å². The first-order chi connectivity index (χ1) is 36.4. The van der Waals surface area contributed by atoms with Gasteiger partial charge in [0.2, 0.25) is 12.2 Å². The minimum absolute atomic E-state index is 0.0212. The molecule has 27 heteroatoms. The minimum Gasteiger partial charge on any atom is -0.466 e. The highest BCUT2D eigenvalue weighted by molar-refractivity contribution is 5.81. The van der Waals surface area contributed by atoms with Crippen molar-refractivity contribution in [3.63, 3.8) is 0 Å². The van der Waals surface area contributed by atoms with Crippen molar-refractivity contribution in [2.75, 3.05) is 33.3 Å². The van der Waals surface area contributed by atoms with E-state index in [-0.39, 0.29) is 63.5 Å². The van der Waals surface area contributed by atoms with Crippen LogP contribution >= 0.6 is 0 Å². The van der Waals surface area contributed by atoms with E-state index >= 15 is 0 Å². The van der Waals surface area contributed by atoms with E-state index in [9.17, 15) is 54.3 Å². The van der Waals surface area contributed by atoms with Crippen LogP contribution in [-0.2, 0) is 47.4 Å². The first-order valence-corrected chi connectivity index (χ1v) is 27.1. The number of amides is 6. The number of carbonyl (C=O) groups excluding carboxylic acids is 6. The third-order valence-electron chi connectivity index (χ3n) is 12.5. The van der Waals surface area contributed by atoms with Gasteiger partial charge in [-0.25, -0.2) is 24.0 Å². The van der Waals surface area contributed by atoms with E-state index in [1.165, 1.54) is 14.0 Å². The van der Waals surface area contributed by atoms with Gasteiger partial charge in [-0.15, -0.1) is 0 Å². The van der Waals surface area contributed by atoms with Crippen molar-refractivity contribution in [3.05, 3.63) is 11.8 Å². The zero-order valence-electron chi connectivity index (χ0n) is 49.7. The maximum atomic E-state index is 13.9. The zero-order chi connectivity index (χ0) is 60.7. The Labute approximate surface area is 469 Å². The molecule has 0 aromatic rings. The predicted octanol–water partition coefficient (Wildman–Crippen LogP) is 2.41. The number of hydrogen-bond acceptors (Lipinski definition) is 21. The molecule has 0 radical (unpaired) electrons. The van der Waals surface area contributed by atoms with Gasteiger partial charge in [0.05, 0.1) is 42.9 Å². The molecule has 3 fully saturated rings. The maximum Gasteiger partial charge on any atom is 0.410 e. The van der Waals surface area contributed by atoms with E-state index in [0.29, 0.717) is 0 Å². The van der Waals surface area contributed by atoms with Crippen molar-refractivity contribution in [2.24, 2.45) is 0 Å². The van der Waals surface area contributed by atoms with E-state index in [2.05, 4.69) is 31.9 Å². The highest BCUT2D eigenvalue weighted by Crippen LogP contribution is 2.36. The Morgan fingerprint density at radius 1 is 0.675 bits per heavy atom. The maximum absolute atomic E-state index is 13.9. The molecule has 2 aliphatic heterocycles. The van der Waals surface area contributed by atoms with Crippen LogP contribution in [0.4, 0.5) is 24.0 Å². The number of aliphatic hydroxyl groups excluding tert-OH is 3. The average Bonchev–Trinajstić information content (AvgIpc) is 3.23. The van der Waals surface area contributed by atoms with Gasteiger partial charge in [0.15, 0.2) is 6.29 Å². The Kier molecular flexibility index (Phi) is 22.4. The molecule has 0 bridgehead atoms. The fourth-order valence-electron chi connectivity index (χ4n) is 9.27. The van der Waals surface area contributed by atoms with Crippen LogP contribution in [0.2, 0.25) is 0 Å². The Morgan fingerprint density at radius 2 is 1.15 bits per heavy atom. The normalized spacial score (nSPS) is 30.6. The summed E-state index contributed by atoms with van der Waals surface area (Å²) in [6, 6.07) is -5.51. The van der Waals surface area contributed by atoms with Gasteiger partial charge in [-0.05, 0) is 149 Å². The molecule has 2 heterocycles. The van der Waals surface area contributed by atoms with E-state index < -0.39 is 149 Å². The van der Waals surface area contributed by atoms with Gasteiger partial charge in [-0.3, -0.25) is 4.79 Å². The van der Waals surface area contributed by atoms with E-state index in [1.54, 1.807) is 110 Å². The predicted molar refractivity (Wildman–Crippen MR) is 285 cm³/mol. The number of alkyl carbamates (subject to hydrolysis) is 4. The monoisotopic (exact) mass is 1150 g/mol. The number of hydrogen-bond donors (Lipinski definition) is 11. The highest BCUT2D eigenvalue weighted by atomic mass is 16.7. The van der Waals surface area contributed by atoms with Gasteiger partial charge < -0.3 is 105 Å². The first kappa shape index (κ1) is 67.5. The van der Waals surface area contributed by atoms with Crippen molar-refractivity contribution in [2.45, 2.75) is 255 Å². The largest absolute Gasteiger partial charge is 0.466 e.